The summed E-state index contributed by atoms with van der Waals surface area (Å²) in [7, 11) is 3.99. The highest BCUT2D eigenvalue weighted by Gasteiger charge is 2.15. The van der Waals surface area contributed by atoms with Crippen LogP contribution in [0.25, 0.3) is 10.9 Å². The zero-order valence-electron chi connectivity index (χ0n) is 16.6. The van der Waals surface area contributed by atoms with Gasteiger partial charge in [-0.25, -0.2) is 4.98 Å². The summed E-state index contributed by atoms with van der Waals surface area (Å²) in [4.78, 5) is 31.2. The fourth-order valence-electron chi connectivity index (χ4n) is 3.17. The Kier molecular flexibility index (Phi) is 6.21. The fraction of sp³-hybridized carbons (Fsp3) is 0.318. The first-order valence-corrected chi connectivity index (χ1v) is 9.39. The van der Waals surface area contributed by atoms with Crippen LogP contribution in [0.5, 0.6) is 0 Å². The summed E-state index contributed by atoms with van der Waals surface area (Å²) >= 11 is 0. The topological polar surface area (TPSA) is 67.2 Å². The summed E-state index contributed by atoms with van der Waals surface area (Å²) < 4.78 is 1.49. The minimum Gasteiger partial charge on any atom is -0.354 e. The van der Waals surface area contributed by atoms with Crippen LogP contribution in [0, 0.1) is 6.92 Å². The summed E-state index contributed by atoms with van der Waals surface area (Å²) in [6, 6.07) is 15.6. The van der Waals surface area contributed by atoms with Crippen molar-refractivity contribution in [3.8, 4) is 0 Å². The summed E-state index contributed by atoms with van der Waals surface area (Å²) in [6.45, 7) is 2.87. The molecule has 0 saturated heterocycles. The van der Waals surface area contributed by atoms with E-state index < -0.39 is 0 Å². The average molecular weight is 378 g/mol. The second-order valence-electron chi connectivity index (χ2n) is 7.20. The number of likely N-dealkylation sites (N-methyl/N-ethyl adjacent to an activating group) is 1. The number of nitrogens with zero attached hydrogens (tertiary/aromatic N) is 3. The van der Waals surface area contributed by atoms with Crippen molar-refractivity contribution in [2.24, 2.45) is 0 Å². The summed E-state index contributed by atoms with van der Waals surface area (Å²) in [6.07, 6.45) is 1.74. The second kappa shape index (κ2) is 8.80. The summed E-state index contributed by atoms with van der Waals surface area (Å²) in [5.41, 5.74) is 2.91. The maximum atomic E-state index is 12.5. The molecule has 0 bridgehead atoms. The third-order valence-electron chi connectivity index (χ3n) is 4.89. The van der Waals surface area contributed by atoms with E-state index in [1.54, 1.807) is 12.1 Å². The van der Waals surface area contributed by atoms with Gasteiger partial charge in [-0.1, -0.05) is 42.0 Å². The second-order valence-corrected chi connectivity index (χ2v) is 7.20. The molecule has 0 aliphatic carbocycles. The molecule has 1 heterocycles. The number of aromatic nitrogens is 2. The van der Waals surface area contributed by atoms with Gasteiger partial charge in [0, 0.05) is 19.5 Å². The van der Waals surface area contributed by atoms with Crippen LogP contribution < -0.4 is 10.9 Å². The number of hydrogen-bond donors (Lipinski definition) is 1. The zero-order chi connectivity index (χ0) is 20.1. The third kappa shape index (κ3) is 4.64. The van der Waals surface area contributed by atoms with Crippen molar-refractivity contribution in [3.05, 3.63) is 76.3 Å². The van der Waals surface area contributed by atoms with Gasteiger partial charge >= 0.3 is 0 Å². The van der Waals surface area contributed by atoms with Crippen molar-refractivity contribution < 1.29 is 4.79 Å². The molecular formula is C22H26N4O2. The van der Waals surface area contributed by atoms with E-state index in [0.717, 1.165) is 5.56 Å². The molecule has 0 fully saturated rings. The van der Waals surface area contributed by atoms with Crippen LogP contribution >= 0.6 is 0 Å². The first-order chi connectivity index (χ1) is 13.5. The highest BCUT2D eigenvalue weighted by atomic mass is 16.1. The van der Waals surface area contributed by atoms with Crippen molar-refractivity contribution in [1.82, 2.24) is 19.8 Å². The molecule has 3 rings (SSSR count). The van der Waals surface area contributed by atoms with Crippen molar-refractivity contribution in [2.45, 2.75) is 25.9 Å². The Bertz CT molecular complexity index is 1010. The van der Waals surface area contributed by atoms with Crippen LogP contribution in [0.15, 0.2) is 59.7 Å². The van der Waals surface area contributed by atoms with Crippen molar-refractivity contribution >= 4 is 16.8 Å². The van der Waals surface area contributed by atoms with Gasteiger partial charge in [0.05, 0.1) is 23.3 Å². The molecule has 3 aromatic rings. The summed E-state index contributed by atoms with van der Waals surface area (Å²) in [5, 5.41) is 3.55. The van der Waals surface area contributed by atoms with Gasteiger partial charge in [0.1, 0.15) is 0 Å². The molecule has 0 aliphatic rings. The minimum absolute atomic E-state index is 0.0842. The molecule has 6 heteroatoms. The Labute approximate surface area is 164 Å². The molecule has 0 saturated carbocycles. The molecule has 0 radical (unpaired) electrons. The number of benzene rings is 2. The Morgan fingerprint density at radius 2 is 1.86 bits per heavy atom. The van der Waals surface area contributed by atoms with Gasteiger partial charge in [-0.15, -0.1) is 0 Å². The first kappa shape index (κ1) is 19.8. The third-order valence-corrected chi connectivity index (χ3v) is 4.89. The molecule has 6 nitrogen and oxygen atoms in total. The Morgan fingerprint density at radius 1 is 1.14 bits per heavy atom. The van der Waals surface area contributed by atoms with Gasteiger partial charge in [0.15, 0.2) is 0 Å². The van der Waals surface area contributed by atoms with Crippen molar-refractivity contribution in [2.75, 3.05) is 20.6 Å². The zero-order valence-corrected chi connectivity index (χ0v) is 16.6. The molecule has 1 N–H and O–H groups in total. The highest BCUT2D eigenvalue weighted by molar-refractivity contribution is 5.77. The standard InChI is InChI=1S/C22H26N4O2/c1-16-8-10-17(11-9-16)20(25(2)3)14-23-21(27)12-13-26-15-24-19-7-5-4-6-18(19)22(26)28/h4-11,15,20H,12-14H2,1-3H3,(H,23,27)/t20-/m1/s1. The molecular weight excluding hydrogens is 352 g/mol. The maximum Gasteiger partial charge on any atom is 0.261 e. The molecule has 1 amide bonds. The number of para-hydroxylation sites is 1. The van der Waals surface area contributed by atoms with Gasteiger partial charge in [0.2, 0.25) is 5.91 Å². The number of aryl methyl sites for hydroxylation is 2. The van der Waals surface area contributed by atoms with E-state index in [-0.39, 0.29) is 23.9 Å². The predicted octanol–water partition coefficient (Wildman–Crippen LogP) is 2.51. The normalized spacial score (nSPS) is 12.3. The number of fused-ring (bicyclic) bond motifs is 1. The molecule has 1 atom stereocenters. The van der Waals surface area contributed by atoms with E-state index in [1.807, 2.05) is 26.2 Å². The lowest BCUT2D eigenvalue weighted by Crippen LogP contribution is -2.35. The van der Waals surface area contributed by atoms with E-state index in [0.29, 0.717) is 24.0 Å². The average Bonchev–Trinajstić information content (AvgIpc) is 2.69. The number of hydrogen-bond acceptors (Lipinski definition) is 4. The van der Waals surface area contributed by atoms with Gasteiger partial charge in [-0.2, -0.15) is 0 Å². The molecule has 28 heavy (non-hydrogen) atoms. The molecule has 0 aliphatic heterocycles. The summed E-state index contributed by atoms with van der Waals surface area (Å²) in [5.74, 6) is -0.0842. The van der Waals surface area contributed by atoms with Crippen molar-refractivity contribution in [1.29, 1.82) is 0 Å². The number of rotatable bonds is 7. The number of carbonyl (C=O) groups is 1. The Balaban J connectivity index is 1.60. The van der Waals surface area contributed by atoms with Crippen LogP contribution in [0.4, 0.5) is 0 Å². The SMILES string of the molecule is Cc1ccc([C@@H](CNC(=O)CCn2cnc3ccccc3c2=O)N(C)C)cc1. The fourth-order valence-corrected chi connectivity index (χ4v) is 3.17. The molecule has 0 unspecified atom stereocenters. The first-order valence-electron chi connectivity index (χ1n) is 9.39. The largest absolute Gasteiger partial charge is 0.354 e. The van der Waals surface area contributed by atoms with Gasteiger partial charge in [0.25, 0.3) is 5.56 Å². The van der Waals surface area contributed by atoms with Crippen LogP contribution in [0.2, 0.25) is 0 Å². The number of amides is 1. The lowest BCUT2D eigenvalue weighted by Gasteiger charge is -2.25. The van der Waals surface area contributed by atoms with Gasteiger partial charge < -0.3 is 10.2 Å². The molecule has 146 valence electrons. The number of carbonyl (C=O) groups excluding carboxylic acids is 1. The van der Waals surface area contributed by atoms with E-state index in [1.165, 1.54) is 16.5 Å². The van der Waals surface area contributed by atoms with Crippen LogP contribution in [0.3, 0.4) is 0 Å². The Hall–Kier alpha value is -2.99. The quantitative estimate of drug-likeness (QED) is 0.686. The predicted molar refractivity (Wildman–Crippen MR) is 111 cm³/mol. The molecule has 0 spiro atoms. The maximum absolute atomic E-state index is 12.5. The van der Waals surface area contributed by atoms with Gasteiger partial charge in [-0.3, -0.25) is 14.2 Å². The van der Waals surface area contributed by atoms with Crippen molar-refractivity contribution in [3.63, 3.8) is 0 Å². The van der Waals surface area contributed by atoms with Gasteiger partial charge in [-0.05, 0) is 38.7 Å². The van der Waals surface area contributed by atoms with Crippen LogP contribution in [-0.2, 0) is 11.3 Å². The van der Waals surface area contributed by atoms with E-state index >= 15 is 0 Å². The molecule has 1 aromatic heterocycles. The molecule has 2 aromatic carbocycles. The monoisotopic (exact) mass is 378 g/mol. The number of nitrogens with one attached hydrogen (secondary N) is 1. The van der Waals surface area contributed by atoms with E-state index in [2.05, 4.69) is 46.4 Å². The lowest BCUT2D eigenvalue weighted by molar-refractivity contribution is -0.121. The van der Waals surface area contributed by atoms with E-state index in [9.17, 15) is 9.59 Å². The highest BCUT2D eigenvalue weighted by Crippen LogP contribution is 2.18. The van der Waals surface area contributed by atoms with E-state index in [4.69, 9.17) is 0 Å². The lowest BCUT2D eigenvalue weighted by atomic mass is 10.0. The minimum atomic E-state index is -0.121. The smallest absolute Gasteiger partial charge is 0.261 e. The van der Waals surface area contributed by atoms with Crippen LogP contribution in [0.1, 0.15) is 23.6 Å². The Morgan fingerprint density at radius 3 is 2.57 bits per heavy atom. The van der Waals surface area contributed by atoms with Crippen LogP contribution in [-0.4, -0.2) is 41.0 Å².